The summed E-state index contributed by atoms with van der Waals surface area (Å²) in [7, 11) is -3.61. The zero-order valence-electron chi connectivity index (χ0n) is 44.2. The highest BCUT2D eigenvalue weighted by Crippen LogP contribution is 2.39. The number of amides is 4. The first kappa shape index (κ1) is 56.6. The normalized spacial score (nSPS) is 16.8. The van der Waals surface area contributed by atoms with Crippen LogP contribution in [0.25, 0.3) is 10.4 Å². The standard InChI is InChI=1S/C55H70ClN9O8S2/c1-32(2)73-45-27-40(34(5)25-43(45)61-54-58-29-41(56)51(63-54)60-42-13-10-11-14-46(42)75(71,72)33(3)4)37-21-23-64(24-22-37)48(68)16-12-15-47(67)62-50(55(7,8)9)53(70)65-30-39(66)26-44(65)52(69)57-28-36-17-19-38(20-18-36)49-35(6)59-31-74-49/h10-11,13-14,17-20,25,27,29,31-33,37,39,44,50,66H,12,15-16,21-24,26,28,30H2,1-9H3,(H,57,69)(H,62,67)(H2,58,60,61,63). The molecule has 402 valence electrons. The van der Waals surface area contributed by atoms with Crippen molar-refractivity contribution in [1.29, 1.82) is 0 Å². The smallest absolute Gasteiger partial charge is 0.246 e. The number of likely N-dealkylation sites (tertiary alicyclic amines) is 2. The van der Waals surface area contributed by atoms with E-state index in [1.807, 2.05) is 95.3 Å². The fourth-order valence-electron chi connectivity index (χ4n) is 9.44. The maximum Gasteiger partial charge on any atom is 0.246 e. The zero-order valence-corrected chi connectivity index (χ0v) is 46.6. The van der Waals surface area contributed by atoms with Crippen LogP contribution in [-0.4, -0.2) is 111 Å². The van der Waals surface area contributed by atoms with E-state index >= 15 is 0 Å². The van der Waals surface area contributed by atoms with Crippen LogP contribution in [0.5, 0.6) is 5.75 Å². The van der Waals surface area contributed by atoms with Crippen LogP contribution in [0.2, 0.25) is 5.02 Å². The Hall–Kier alpha value is -6.15. The van der Waals surface area contributed by atoms with E-state index < -0.39 is 44.6 Å². The molecule has 3 unspecified atom stereocenters. The highest BCUT2D eigenvalue weighted by Gasteiger charge is 2.44. The molecule has 2 fully saturated rings. The van der Waals surface area contributed by atoms with Gasteiger partial charge < -0.3 is 40.9 Å². The topological polar surface area (TPSA) is 225 Å². The summed E-state index contributed by atoms with van der Waals surface area (Å²) in [4.78, 5) is 72.5. The van der Waals surface area contributed by atoms with Crippen LogP contribution in [0, 0.1) is 19.3 Å². The second kappa shape index (κ2) is 24.2. The van der Waals surface area contributed by atoms with Gasteiger partial charge >= 0.3 is 0 Å². The number of hydrogen-bond acceptors (Lipinski definition) is 14. The zero-order chi connectivity index (χ0) is 54.4. The third-order valence-corrected chi connectivity index (χ3v) is 17.0. The number of β-amino-alcohol motifs (C(OH)–C–C–N with tert-alkyl or cyclic N) is 1. The van der Waals surface area contributed by atoms with Crippen molar-refractivity contribution < 1.29 is 37.4 Å². The van der Waals surface area contributed by atoms with Gasteiger partial charge in [-0.15, -0.1) is 11.3 Å². The van der Waals surface area contributed by atoms with Gasteiger partial charge in [0.05, 0.1) is 56.0 Å². The average Bonchev–Trinajstić information content (AvgIpc) is 3.98. The Bertz CT molecular complexity index is 2970. The molecule has 5 N–H and O–H groups in total. The van der Waals surface area contributed by atoms with Crippen molar-refractivity contribution in [2.24, 2.45) is 5.41 Å². The summed E-state index contributed by atoms with van der Waals surface area (Å²) < 4.78 is 32.6. The summed E-state index contributed by atoms with van der Waals surface area (Å²) in [5.41, 5.74) is 7.05. The molecule has 2 aromatic heterocycles. The molecule has 0 spiro atoms. The van der Waals surface area contributed by atoms with Crippen LogP contribution in [0.4, 0.5) is 23.1 Å². The summed E-state index contributed by atoms with van der Waals surface area (Å²) in [6.45, 7) is 17.9. The Balaban J connectivity index is 0.911. The summed E-state index contributed by atoms with van der Waals surface area (Å²) in [6.07, 6.45) is 2.41. The molecule has 0 bridgehead atoms. The number of benzene rings is 3. The van der Waals surface area contributed by atoms with E-state index in [0.717, 1.165) is 45.7 Å². The number of hydrogen-bond donors (Lipinski definition) is 5. The molecule has 4 amide bonds. The lowest BCUT2D eigenvalue weighted by Crippen LogP contribution is -2.57. The van der Waals surface area contributed by atoms with Gasteiger partial charge in [0.2, 0.25) is 29.6 Å². The van der Waals surface area contributed by atoms with Crippen LogP contribution >= 0.6 is 22.9 Å². The molecular formula is C55H70ClN9O8S2. The number of sulfone groups is 1. The van der Waals surface area contributed by atoms with E-state index in [1.54, 1.807) is 49.4 Å². The second-order valence-corrected chi connectivity index (χ2v) is 24.8. The molecule has 5 aromatic rings. The lowest BCUT2D eigenvalue weighted by Gasteiger charge is -2.35. The number of nitrogens with zero attached hydrogens (tertiary/aromatic N) is 5. The predicted octanol–water partition coefficient (Wildman–Crippen LogP) is 9.01. The molecule has 20 heteroatoms. The summed E-state index contributed by atoms with van der Waals surface area (Å²) >= 11 is 8.09. The molecule has 0 aliphatic carbocycles. The molecule has 3 aromatic carbocycles. The number of ether oxygens (including phenoxy) is 1. The highest BCUT2D eigenvalue weighted by molar-refractivity contribution is 7.92. The monoisotopic (exact) mass is 1080 g/mol. The number of carbonyl (C=O) groups is 4. The quantitative estimate of drug-likeness (QED) is 0.0521. The van der Waals surface area contributed by atoms with E-state index in [4.69, 9.17) is 16.3 Å². The van der Waals surface area contributed by atoms with E-state index in [1.165, 1.54) is 11.1 Å². The van der Waals surface area contributed by atoms with Crippen LogP contribution in [0.3, 0.4) is 0 Å². The van der Waals surface area contributed by atoms with Crippen molar-refractivity contribution in [1.82, 2.24) is 35.4 Å². The molecule has 17 nitrogen and oxygen atoms in total. The number of thiazole rings is 1. The van der Waals surface area contributed by atoms with Crippen molar-refractivity contribution in [2.45, 2.75) is 148 Å². The Kier molecular flexibility index (Phi) is 18.3. The van der Waals surface area contributed by atoms with E-state index in [2.05, 4.69) is 36.2 Å². The van der Waals surface area contributed by atoms with Crippen LogP contribution in [-0.2, 0) is 35.6 Å². The Morgan fingerprint density at radius 1 is 0.933 bits per heavy atom. The molecule has 3 atom stereocenters. The van der Waals surface area contributed by atoms with E-state index in [-0.39, 0.29) is 83.8 Å². The van der Waals surface area contributed by atoms with Gasteiger partial charge in [0, 0.05) is 45.4 Å². The van der Waals surface area contributed by atoms with Crippen molar-refractivity contribution in [3.63, 3.8) is 0 Å². The van der Waals surface area contributed by atoms with Gasteiger partial charge in [-0.25, -0.2) is 18.4 Å². The van der Waals surface area contributed by atoms with Gasteiger partial charge in [0.15, 0.2) is 15.7 Å². The lowest BCUT2D eigenvalue weighted by atomic mass is 9.85. The number of rotatable bonds is 19. The molecule has 2 saturated heterocycles. The summed E-state index contributed by atoms with van der Waals surface area (Å²) in [6, 6.07) is 16.6. The number of para-hydroxylation sites is 1. The number of nitrogens with one attached hydrogen (secondary N) is 4. The first-order valence-electron chi connectivity index (χ1n) is 25.5. The minimum atomic E-state index is -3.61. The summed E-state index contributed by atoms with van der Waals surface area (Å²) in [5, 5.41) is 22.5. The Morgan fingerprint density at radius 2 is 1.64 bits per heavy atom. The highest BCUT2D eigenvalue weighted by atomic mass is 35.5. The number of piperidine rings is 1. The number of aromatic nitrogens is 3. The molecule has 7 rings (SSSR count). The number of aliphatic hydroxyl groups is 1. The van der Waals surface area contributed by atoms with Gasteiger partial charge in [-0.3, -0.25) is 19.2 Å². The third kappa shape index (κ3) is 14.0. The predicted molar refractivity (Wildman–Crippen MR) is 293 cm³/mol. The largest absolute Gasteiger partial charge is 0.489 e. The fraction of sp³-hybridized carbons (Fsp3) is 0.473. The first-order valence-corrected chi connectivity index (χ1v) is 28.3. The molecule has 4 heterocycles. The van der Waals surface area contributed by atoms with Crippen LogP contribution in [0.15, 0.2) is 77.3 Å². The van der Waals surface area contributed by atoms with Crippen LogP contribution < -0.4 is 26.0 Å². The summed E-state index contributed by atoms with van der Waals surface area (Å²) in [5.74, 6) is -0.0582. The Labute approximate surface area is 449 Å². The number of anilines is 4. The Morgan fingerprint density at radius 3 is 2.29 bits per heavy atom. The van der Waals surface area contributed by atoms with Crippen LogP contribution in [0.1, 0.15) is 115 Å². The SMILES string of the molecule is Cc1cc(Nc2ncc(Cl)c(Nc3ccccc3S(=O)(=O)C(C)C)n2)c(OC(C)C)cc1C1CCN(C(=O)CCCC(=O)NC(C(=O)N2CC(O)CC2C(=O)NCc2ccc(-c3scnc3C)cc2)C(C)(C)C)CC1. The van der Waals surface area contributed by atoms with E-state index in [9.17, 15) is 32.7 Å². The minimum absolute atomic E-state index is 0.0314. The van der Waals surface area contributed by atoms with Gasteiger partial charge in [0.1, 0.15) is 22.9 Å². The average molecular weight is 1080 g/mol. The van der Waals surface area contributed by atoms with Gasteiger partial charge in [0.25, 0.3) is 0 Å². The maximum absolute atomic E-state index is 14.2. The number of aryl methyl sites for hydroxylation is 2. The van der Waals surface area contributed by atoms with Crippen molar-refractivity contribution in [3.05, 3.63) is 99.8 Å². The third-order valence-electron chi connectivity index (χ3n) is 13.6. The van der Waals surface area contributed by atoms with Crippen molar-refractivity contribution in [3.8, 4) is 16.2 Å². The molecule has 0 radical (unpaired) electrons. The lowest BCUT2D eigenvalue weighted by molar-refractivity contribution is -0.144. The van der Waals surface area contributed by atoms with Gasteiger partial charge in [-0.1, -0.05) is 68.8 Å². The van der Waals surface area contributed by atoms with Crippen molar-refractivity contribution >= 4 is 79.5 Å². The molecule has 2 aliphatic rings. The first-order chi connectivity index (χ1) is 35.5. The molecule has 75 heavy (non-hydrogen) atoms. The van der Waals surface area contributed by atoms with E-state index in [0.29, 0.717) is 36.6 Å². The fourth-order valence-corrected chi connectivity index (χ4v) is 11.6. The minimum Gasteiger partial charge on any atom is -0.489 e. The molecule has 0 saturated carbocycles. The van der Waals surface area contributed by atoms with Crippen molar-refractivity contribution in [2.75, 3.05) is 30.3 Å². The number of carbonyl (C=O) groups excluding carboxylic acids is 4. The maximum atomic E-state index is 14.2. The molecule has 2 aliphatic heterocycles. The number of halogens is 1. The second-order valence-electron chi connectivity index (χ2n) is 21.1. The van der Waals surface area contributed by atoms with Gasteiger partial charge in [-0.05, 0) is 119 Å². The van der Waals surface area contributed by atoms with Gasteiger partial charge in [-0.2, -0.15) is 4.98 Å². The molecular weight excluding hydrogens is 1010 g/mol. The number of aliphatic hydroxyl groups excluding tert-OH is 1.